The molecule has 0 saturated heterocycles. The number of hydrogen-bond acceptors (Lipinski definition) is 1. The van der Waals surface area contributed by atoms with Crippen LogP contribution in [-0.4, -0.2) is 36.2 Å². The number of rotatable bonds is 8. The molecule has 0 fully saturated rings. The number of unbranched alkanes of at least 4 members (excludes halogenated alkanes) is 3. The van der Waals surface area contributed by atoms with Gasteiger partial charge in [0.15, 0.2) is 0 Å². The Kier molecular flexibility index (Phi) is 11.1. The van der Waals surface area contributed by atoms with Gasteiger partial charge in [-0.15, -0.1) is 0 Å². The zero-order chi connectivity index (χ0) is 11.6. The first-order chi connectivity index (χ1) is 7.79. The minimum atomic E-state index is 0. The Morgan fingerprint density at radius 3 is 2.24 bits per heavy atom. The van der Waals surface area contributed by atoms with E-state index >= 15 is 0 Å². The first-order valence-corrected chi connectivity index (χ1v) is 6.47. The minimum absolute atomic E-state index is 0. The summed E-state index contributed by atoms with van der Waals surface area (Å²) < 4.78 is 5.63. The molecule has 0 aliphatic carbocycles. The molecule has 0 bridgehead atoms. The van der Waals surface area contributed by atoms with E-state index in [0.717, 1.165) is 18.3 Å². The van der Waals surface area contributed by atoms with Crippen molar-refractivity contribution in [2.45, 2.75) is 46.0 Å². The average Bonchev–Trinajstić information content (AvgIpc) is 2.29. The molecule has 1 radical (unpaired) electrons. The van der Waals surface area contributed by atoms with E-state index in [4.69, 9.17) is 4.74 Å². The van der Waals surface area contributed by atoms with Gasteiger partial charge in [-0.1, -0.05) is 57.7 Å². The molecule has 91 valence electrons. The van der Waals surface area contributed by atoms with Crippen LogP contribution in [0.5, 0.6) is 5.75 Å². The molecule has 0 unspecified atom stereocenters. The maximum absolute atomic E-state index is 5.63. The van der Waals surface area contributed by atoms with Crippen molar-refractivity contribution < 1.29 is 4.74 Å². The summed E-state index contributed by atoms with van der Waals surface area (Å²) >= 11 is 0. The van der Waals surface area contributed by atoms with Crippen molar-refractivity contribution in [1.82, 2.24) is 0 Å². The number of benzene rings is 1. The van der Waals surface area contributed by atoms with Gasteiger partial charge in [-0.2, -0.15) is 0 Å². The SMILES string of the molecule is CC(C)CCCCCCOc1ccccc1.[Na]. The van der Waals surface area contributed by atoms with E-state index in [2.05, 4.69) is 13.8 Å². The molecule has 0 spiro atoms. The number of para-hydroxylation sites is 1. The summed E-state index contributed by atoms with van der Waals surface area (Å²) in [6.45, 7) is 5.43. The molecule has 1 aromatic carbocycles. The Bertz CT molecular complexity index is 259. The molecule has 17 heavy (non-hydrogen) atoms. The Hall–Kier alpha value is 0.0200. The predicted octanol–water partition coefficient (Wildman–Crippen LogP) is 4.29. The molecule has 0 heterocycles. The van der Waals surface area contributed by atoms with E-state index in [-0.39, 0.29) is 29.6 Å². The van der Waals surface area contributed by atoms with Crippen molar-refractivity contribution >= 4 is 29.6 Å². The monoisotopic (exact) mass is 243 g/mol. The molecule has 0 aliphatic rings. The van der Waals surface area contributed by atoms with E-state index in [1.165, 1.54) is 32.1 Å². The third-order valence-corrected chi connectivity index (χ3v) is 2.69. The largest absolute Gasteiger partial charge is 0.494 e. The van der Waals surface area contributed by atoms with Crippen molar-refractivity contribution in [2.24, 2.45) is 5.92 Å². The third kappa shape index (κ3) is 9.70. The normalized spacial score (nSPS) is 10.1. The topological polar surface area (TPSA) is 9.23 Å². The first kappa shape index (κ1) is 17.0. The maximum atomic E-state index is 5.63. The molecular weight excluding hydrogens is 219 g/mol. The number of ether oxygens (including phenoxy) is 1. The van der Waals surface area contributed by atoms with E-state index in [9.17, 15) is 0 Å². The Balaban J connectivity index is 0.00000256. The second-order valence-corrected chi connectivity index (χ2v) is 4.76. The van der Waals surface area contributed by atoms with Crippen molar-refractivity contribution in [3.8, 4) is 5.75 Å². The van der Waals surface area contributed by atoms with E-state index in [0.29, 0.717) is 0 Å². The Morgan fingerprint density at radius 1 is 0.941 bits per heavy atom. The first-order valence-electron chi connectivity index (χ1n) is 6.47. The zero-order valence-corrected chi connectivity index (χ0v) is 13.6. The van der Waals surface area contributed by atoms with Crippen molar-refractivity contribution in [3.63, 3.8) is 0 Å². The summed E-state index contributed by atoms with van der Waals surface area (Å²) in [4.78, 5) is 0. The molecule has 0 amide bonds. The molecule has 0 aromatic heterocycles. The molecule has 0 saturated carbocycles. The quantitative estimate of drug-likeness (QED) is 0.489. The van der Waals surface area contributed by atoms with Gasteiger partial charge in [-0.25, -0.2) is 0 Å². The molecule has 1 nitrogen and oxygen atoms in total. The van der Waals surface area contributed by atoms with Crippen LogP contribution >= 0.6 is 0 Å². The summed E-state index contributed by atoms with van der Waals surface area (Å²) in [6, 6.07) is 10.1. The average molecular weight is 243 g/mol. The predicted molar refractivity (Wildman–Crippen MR) is 75.6 cm³/mol. The fraction of sp³-hybridized carbons (Fsp3) is 0.600. The van der Waals surface area contributed by atoms with Gasteiger partial charge in [-0.3, -0.25) is 0 Å². The third-order valence-electron chi connectivity index (χ3n) is 2.69. The van der Waals surface area contributed by atoms with Gasteiger partial charge < -0.3 is 4.74 Å². The van der Waals surface area contributed by atoms with Crippen LogP contribution in [0.3, 0.4) is 0 Å². The molecule has 1 aromatic rings. The van der Waals surface area contributed by atoms with Crippen molar-refractivity contribution in [3.05, 3.63) is 30.3 Å². The van der Waals surface area contributed by atoms with Crippen LogP contribution < -0.4 is 4.74 Å². The molecule has 1 rings (SSSR count). The summed E-state index contributed by atoms with van der Waals surface area (Å²) in [7, 11) is 0. The molecular formula is C15H24NaO. The van der Waals surface area contributed by atoms with Gasteiger partial charge in [0.05, 0.1) is 6.61 Å². The van der Waals surface area contributed by atoms with Crippen LogP contribution in [0.25, 0.3) is 0 Å². The summed E-state index contributed by atoms with van der Waals surface area (Å²) in [5, 5.41) is 0. The minimum Gasteiger partial charge on any atom is -0.494 e. The van der Waals surface area contributed by atoms with Crippen LogP contribution in [-0.2, 0) is 0 Å². The second kappa shape index (κ2) is 11.1. The van der Waals surface area contributed by atoms with Crippen LogP contribution in [0.1, 0.15) is 46.0 Å². The zero-order valence-electron chi connectivity index (χ0n) is 11.6. The molecule has 0 aliphatic heterocycles. The van der Waals surface area contributed by atoms with Crippen LogP contribution in [0, 0.1) is 5.92 Å². The van der Waals surface area contributed by atoms with Gasteiger partial charge in [0.25, 0.3) is 0 Å². The van der Waals surface area contributed by atoms with Crippen LogP contribution in [0.4, 0.5) is 0 Å². The van der Waals surface area contributed by atoms with Crippen molar-refractivity contribution in [2.75, 3.05) is 6.61 Å². The Labute approximate surface area is 128 Å². The van der Waals surface area contributed by atoms with E-state index in [1.54, 1.807) is 0 Å². The fourth-order valence-corrected chi connectivity index (χ4v) is 1.71. The summed E-state index contributed by atoms with van der Waals surface area (Å²) in [5.74, 6) is 1.84. The standard InChI is InChI=1S/C15H24O.Na/c1-14(2)10-6-3-4-9-13-16-15-11-7-5-8-12-15;/h5,7-8,11-12,14H,3-4,6,9-10,13H2,1-2H3;. The van der Waals surface area contributed by atoms with Gasteiger partial charge in [0.2, 0.25) is 0 Å². The molecule has 2 heteroatoms. The molecule has 0 atom stereocenters. The number of hydrogen-bond donors (Lipinski definition) is 0. The van der Waals surface area contributed by atoms with Gasteiger partial charge >= 0.3 is 0 Å². The van der Waals surface area contributed by atoms with Crippen molar-refractivity contribution in [1.29, 1.82) is 0 Å². The van der Waals surface area contributed by atoms with Gasteiger partial charge in [0.1, 0.15) is 5.75 Å². The smallest absolute Gasteiger partial charge is 0.119 e. The van der Waals surface area contributed by atoms with E-state index < -0.39 is 0 Å². The fourth-order valence-electron chi connectivity index (χ4n) is 1.71. The maximum Gasteiger partial charge on any atom is 0.119 e. The van der Waals surface area contributed by atoms with Gasteiger partial charge in [0, 0.05) is 29.6 Å². The van der Waals surface area contributed by atoms with Gasteiger partial charge in [-0.05, 0) is 24.5 Å². The Morgan fingerprint density at radius 2 is 1.59 bits per heavy atom. The molecule has 0 N–H and O–H groups in total. The van der Waals surface area contributed by atoms with E-state index in [1.807, 2.05) is 30.3 Å². The summed E-state index contributed by atoms with van der Waals surface area (Å²) in [5.41, 5.74) is 0. The summed E-state index contributed by atoms with van der Waals surface area (Å²) in [6.07, 6.45) is 6.53. The van der Waals surface area contributed by atoms with Crippen LogP contribution in [0.2, 0.25) is 0 Å². The van der Waals surface area contributed by atoms with Crippen LogP contribution in [0.15, 0.2) is 30.3 Å². The second-order valence-electron chi connectivity index (χ2n) is 4.76.